The van der Waals surface area contributed by atoms with Gasteiger partial charge >= 0.3 is 11.9 Å². The van der Waals surface area contributed by atoms with Gasteiger partial charge in [-0.05, 0) is 37.5 Å². The molecule has 6 heteroatoms. The average Bonchev–Trinajstić information content (AvgIpc) is 2.14. The number of aliphatic carboxylic acids is 2. The molecule has 0 amide bonds. The molecule has 0 aromatic carbocycles. The van der Waals surface area contributed by atoms with Crippen molar-refractivity contribution in [2.75, 3.05) is 13.2 Å². The summed E-state index contributed by atoms with van der Waals surface area (Å²) in [5, 5.41) is 33.7. The van der Waals surface area contributed by atoms with Crippen molar-refractivity contribution in [3.05, 3.63) is 0 Å². The lowest BCUT2D eigenvalue weighted by atomic mass is 9.75. The van der Waals surface area contributed by atoms with Crippen LogP contribution >= 0.6 is 0 Å². The zero-order valence-electron chi connectivity index (χ0n) is 10.2. The molecule has 2 aliphatic rings. The van der Waals surface area contributed by atoms with Crippen LogP contribution in [0.25, 0.3) is 0 Å². The van der Waals surface area contributed by atoms with Crippen molar-refractivity contribution in [3.63, 3.8) is 0 Å². The smallest absolute Gasteiger partial charge is 0.306 e. The van der Waals surface area contributed by atoms with Crippen LogP contribution in [-0.4, -0.2) is 45.6 Å². The minimum absolute atomic E-state index is 0.143. The summed E-state index contributed by atoms with van der Waals surface area (Å²) in [5.41, 5.74) is 0. The Morgan fingerprint density at radius 3 is 1.22 bits per heavy atom. The van der Waals surface area contributed by atoms with Gasteiger partial charge in [0.1, 0.15) is 0 Å². The number of carboxylic acid groups (broad SMARTS) is 2. The zero-order valence-corrected chi connectivity index (χ0v) is 10.2. The highest BCUT2D eigenvalue weighted by Gasteiger charge is 2.34. The highest BCUT2D eigenvalue weighted by molar-refractivity contribution is 5.71. The first-order chi connectivity index (χ1) is 8.47. The number of carboxylic acids is 2. The Balaban J connectivity index is 0.000000180. The Labute approximate surface area is 105 Å². The summed E-state index contributed by atoms with van der Waals surface area (Å²) in [4.78, 5) is 20.3. The fraction of sp³-hybridized carbons (Fsp3) is 0.833. The number of hydrogen-bond acceptors (Lipinski definition) is 4. The van der Waals surface area contributed by atoms with Crippen molar-refractivity contribution in [1.82, 2.24) is 0 Å². The monoisotopic (exact) mass is 260 g/mol. The second-order valence-electron chi connectivity index (χ2n) is 5.11. The summed E-state index contributed by atoms with van der Waals surface area (Å²) in [5.74, 6) is -1.29. The molecule has 2 rings (SSSR count). The van der Waals surface area contributed by atoms with Gasteiger partial charge < -0.3 is 20.4 Å². The Hall–Kier alpha value is -1.14. The lowest BCUT2D eigenvalue weighted by Gasteiger charge is -2.30. The van der Waals surface area contributed by atoms with E-state index in [0.717, 1.165) is 0 Å². The number of rotatable bonds is 4. The van der Waals surface area contributed by atoms with E-state index in [9.17, 15) is 9.59 Å². The summed E-state index contributed by atoms with van der Waals surface area (Å²) in [7, 11) is 0. The van der Waals surface area contributed by atoms with Crippen molar-refractivity contribution in [2.45, 2.75) is 25.7 Å². The summed E-state index contributed by atoms with van der Waals surface area (Å²) in [6, 6.07) is 0. The molecule has 0 bridgehead atoms. The molecule has 0 saturated heterocycles. The van der Waals surface area contributed by atoms with Gasteiger partial charge in [-0.2, -0.15) is 0 Å². The van der Waals surface area contributed by atoms with E-state index in [1.165, 1.54) is 0 Å². The minimum atomic E-state index is -0.722. The first-order valence-corrected chi connectivity index (χ1v) is 6.15. The van der Waals surface area contributed by atoms with E-state index in [0.29, 0.717) is 25.7 Å². The topological polar surface area (TPSA) is 115 Å². The highest BCUT2D eigenvalue weighted by Crippen LogP contribution is 2.33. The second-order valence-corrected chi connectivity index (χ2v) is 5.11. The Bertz CT molecular complexity index is 261. The first-order valence-electron chi connectivity index (χ1n) is 6.15. The van der Waals surface area contributed by atoms with Crippen molar-refractivity contribution >= 4 is 11.9 Å². The largest absolute Gasteiger partial charge is 0.481 e. The van der Waals surface area contributed by atoms with Crippen molar-refractivity contribution in [1.29, 1.82) is 0 Å². The summed E-state index contributed by atoms with van der Waals surface area (Å²) >= 11 is 0. The number of hydrogen-bond donors (Lipinski definition) is 4. The molecule has 2 aliphatic carbocycles. The molecule has 0 radical (unpaired) electrons. The standard InChI is InChI=1S/2C6H10O3/c2*7-3-4-1-5(2-4)6(8)9/h2*4-5,7H,1-3H2,(H,8,9). The summed E-state index contributed by atoms with van der Waals surface area (Å²) in [6.07, 6.45) is 2.63. The maximum Gasteiger partial charge on any atom is 0.306 e. The van der Waals surface area contributed by atoms with Crippen LogP contribution in [-0.2, 0) is 9.59 Å². The van der Waals surface area contributed by atoms with Crippen LogP contribution in [0.3, 0.4) is 0 Å². The van der Waals surface area contributed by atoms with E-state index in [-0.39, 0.29) is 36.9 Å². The molecule has 104 valence electrons. The van der Waals surface area contributed by atoms with Gasteiger partial charge in [0.15, 0.2) is 0 Å². The molecule has 6 nitrogen and oxygen atoms in total. The first kappa shape index (κ1) is 14.9. The Morgan fingerprint density at radius 1 is 0.778 bits per heavy atom. The van der Waals surface area contributed by atoms with Crippen LogP contribution in [0.2, 0.25) is 0 Å². The summed E-state index contributed by atoms with van der Waals surface area (Å²) < 4.78 is 0. The molecule has 0 spiro atoms. The van der Waals surface area contributed by atoms with Gasteiger partial charge in [0, 0.05) is 13.2 Å². The van der Waals surface area contributed by atoms with Crippen LogP contribution in [0.5, 0.6) is 0 Å². The van der Waals surface area contributed by atoms with Crippen molar-refractivity contribution in [2.24, 2.45) is 23.7 Å². The molecule has 0 aromatic rings. The molecule has 2 saturated carbocycles. The normalized spacial score (nSPS) is 33.4. The van der Waals surface area contributed by atoms with Gasteiger partial charge in [-0.1, -0.05) is 0 Å². The van der Waals surface area contributed by atoms with Gasteiger partial charge in [-0.15, -0.1) is 0 Å². The van der Waals surface area contributed by atoms with E-state index >= 15 is 0 Å². The van der Waals surface area contributed by atoms with E-state index in [1.807, 2.05) is 0 Å². The number of aliphatic hydroxyl groups excluding tert-OH is 2. The molecule has 18 heavy (non-hydrogen) atoms. The van der Waals surface area contributed by atoms with E-state index in [2.05, 4.69) is 0 Å². The number of aliphatic hydroxyl groups is 2. The third-order valence-electron chi connectivity index (χ3n) is 3.69. The number of carbonyl (C=O) groups is 2. The fourth-order valence-electron chi connectivity index (χ4n) is 2.17. The van der Waals surface area contributed by atoms with Gasteiger partial charge in [-0.25, -0.2) is 0 Å². The SMILES string of the molecule is O=C(O)C1CC(CO)C1.O=C(O)C1CC(CO)C1. The molecule has 0 unspecified atom stereocenters. The average molecular weight is 260 g/mol. The third-order valence-corrected chi connectivity index (χ3v) is 3.69. The summed E-state index contributed by atoms with van der Waals surface area (Å²) in [6.45, 7) is 0.285. The van der Waals surface area contributed by atoms with Crippen LogP contribution in [0.15, 0.2) is 0 Å². The highest BCUT2D eigenvalue weighted by atomic mass is 16.4. The van der Waals surface area contributed by atoms with E-state index in [4.69, 9.17) is 20.4 Å². The molecule has 0 aromatic heterocycles. The van der Waals surface area contributed by atoms with Gasteiger partial charge in [0.25, 0.3) is 0 Å². The van der Waals surface area contributed by atoms with Crippen LogP contribution in [0.1, 0.15) is 25.7 Å². The van der Waals surface area contributed by atoms with E-state index in [1.54, 1.807) is 0 Å². The predicted octanol–water partition coefficient (Wildman–Crippen LogP) is 0.179. The molecular formula is C12H20O6. The van der Waals surface area contributed by atoms with Gasteiger partial charge in [-0.3, -0.25) is 9.59 Å². The van der Waals surface area contributed by atoms with Crippen molar-refractivity contribution < 1.29 is 30.0 Å². The van der Waals surface area contributed by atoms with Crippen LogP contribution in [0, 0.1) is 23.7 Å². The maximum absolute atomic E-state index is 10.2. The molecule has 0 atom stereocenters. The molecular weight excluding hydrogens is 240 g/mol. The molecule has 0 aliphatic heterocycles. The fourth-order valence-corrected chi connectivity index (χ4v) is 2.17. The third kappa shape index (κ3) is 3.96. The van der Waals surface area contributed by atoms with Crippen LogP contribution < -0.4 is 0 Å². The van der Waals surface area contributed by atoms with Crippen molar-refractivity contribution in [3.8, 4) is 0 Å². The quantitative estimate of drug-likeness (QED) is 0.573. The van der Waals surface area contributed by atoms with Gasteiger partial charge in [0.05, 0.1) is 11.8 Å². The Kier molecular flexibility index (Phi) is 5.55. The van der Waals surface area contributed by atoms with Gasteiger partial charge in [0.2, 0.25) is 0 Å². The minimum Gasteiger partial charge on any atom is -0.481 e. The van der Waals surface area contributed by atoms with Crippen LogP contribution in [0.4, 0.5) is 0 Å². The Morgan fingerprint density at radius 2 is 1.06 bits per heavy atom. The lowest BCUT2D eigenvalue weighted by molar-refractivity contribution is -0.147. The zero-order chi connectivity index (χ0) is 13.7. The van der Waals surface area contributed by atoms with E-state index < -0.39 is 11.9 Å². The predicted molar refractivity (Wildman–Crippen MR) is 61.9 cm³/mol. The molecule has 0 heterocycles. The second kappa shape index (κ2) is 6.70. The lowest BCUT2D eigenvalue weighted by Crippen LogP contribution is -2.32. The molecule has 4 N–H and O–H groups in total. The maximum atomic E-state index is 10.2. The molecule has 2 fully saturated rings.